The van der Waals surface area contributed by atoms with Gasteiger partial charge in [0.25, 0.3) is 0 Å². The second-order valence-corrected chi connectivity index (χ2v) is 12.8. The second kappa shape index (κ2) is 21.8. The minimum atomic E-state index is -0.843. The maximum absolute atomic E-state index is 9.02. The quantitative estimate of drug-likeness (QED) is 0.0194. The van der Waals surface area contributed by atoms with Crippen molar-refractivity contribution in [2.45, 2.75) is 95.7 Å². The highest BCUT2D eigenvalue weighted by atomic mass is 16.6. The van der Waals surface area contributed by atoms with Gasteiger partial charge in [0.2, 0.25) is 0 Å². The van der Waals surface area contributed by atoms with E-state index in [1.807, 2.05) is 30.3 Å². The van der Waals surface area contributed by atoms with E-state index in [2.05, 4.69) is 84.9 Å². The minimum absolute atomic E-state index is 0.0580. The number of hydrogen-bond acceptors (Lipinski definition) is 5. The number of oxime groups is 1. The Morgan fingerprint density at radius 3 is 1.51 bits per heavy atom. The first-order valence-electron chi connectivity index (χ1n) is 18.3. The van der Waals surface area contributed by atoms with E-state index < -0.39 is 5.60 Å². The molecule has 0 aliphatic rings. The van der Waals surface area contributed by atoms with Gasteiger partial charge >= 0.3 is 0 Å². The van der Waals surface area contributed by atoms with Gasteiger partial charge in [0.15, 0.2) is 5.84 Å². The van der Waals surface area contributed by atoms with E-state index in [9.17, 15) is 0 Å². The number of ether oxygens (including phenoxy) is 3. The van der Waals surface area contributed by atoms with Crippen LogP contribution in [-0.2, 0) is 15.1 Å². The third-order valence-electron chi connectivity index (χ3n) is 9.07. The fraction of sp³-hybridized carbons (Fsp3) is 0.419. The molecule has 0 aromatic heterocycles. The predicted molar refractivity (Wildman–Crippen MR) is 200 cm³/mol. The molecule has 1 unspecified atom stereocenters. The topological polar surface area (TPSA) is 86.3 Å². The number of nitrogens with two attached hydrogens (primary N) is 1. The Labute approximate surface area is 294 Å². The van der Waals surface area contributed by atoms with Gasteiger partial charge in [-0.1, -0.05) is 174 Å². The van der Waals surface area contributed by atoms with Gasteiger partial charge in [-0.3, -0.25) is 0 Å². The van der Waals surface area contributed by atoms with Crippen LogP contribution in [0.5, 0.6) is 5.75 Å². The maximum atomic E-state index is 9.02. The van der Waals surface area contributed by atoms with Crippen LogP contribution in [-0.4, -0.2) is 37.0 Å². The summed E-state index contributed by atoms with van der Waals surface area (Å²) in [6.07, 6.45) is 15.3. The Hall–Kier alpha value is -4.13. The van der Waals surface area contributed by atoms with Crippen LogP contribution in [0, 0.1) is 0 Å². The van der Waals surface area contributed by atoms with Crippen LogP contribution in [0.4, 0.5) is 0 Å². The SMILES string of the molecule is CCCCCCCCCCCCCCOC(COc1ccc(/C(N)=N/O)cc1)COC(c1ccccc1)(c1ccccc1)c1ccccc1. The number of hydrogen-bond donors (Lipinski definition) is 2. The zero-order chi connectivity index (χ0) is 34.4. The molecule has 6 heteroatoms. The lowest BCUT2D eigenvalue weighted by molar-refractivity contribution is -0.0780. The molecule has 0 heterocycles. The molecule has 0 aliphatic heterocycles. The highest BCUT2D eigenvalue weighted by Gasteiger charge is 2.38. The molecule has 0 aliphatic carbocycles. The largest absolute Gasteiger partial charge is 0.491 e. The highest BCUT2D eigenvalue weighted by molar-refractivity contribution is 5.97. The first kappa shape index (κ1) is 37.7. The summed E-state index contributed by atoms with van der Waals surface area (Å²) in [6.45, 7) is 3.55. The summed E-state index contributed by atoms with van der Waals surface area (Å²) in [5, 5.41) is 12.1. The molecule has 0 saturated carbocycles. The smallest absolute Gasteiger partial charge is 0.170 e. The molecule has 0 fully saturated rings. The predicted octanol–water partition coefficient (Wildman–Crippen LogP) is 10.3. The summed E-state index contributed by atoms with van der Waals surface area (Å²) in [6, 6.07) is 38.4. The summed E-state index contributed by atoms with van der Waals surface area (Å²) in [7, 11) is 0. The number of amidine groups is 1. The van der Waals surface area contributed by atoms with Gasteiger partial charge in [0.05, 0.1) is 6.61 Å². The average Bonchev–Trinajstić information content (AvgIpc) is 3.16. The molecule has 0 radical (unpaired) electrons. The standard InChI is InChI=1S/C43H56N2O4/c1-2-3-4-5-6-7-8-9-10-11-12-22-33-47-41(34-48-40-31-29-36(30-32-40)42(44)45-46)35-49-43(37-23-16-13-17-24-37,38-25-18-14-19-26-38)39-27-20-15-21-28-39/h13-21,23-32,41,46H,2-12,22,33-35H2,1H3,(H2,44,45). The fourth-order valence-electron chi connectivity index (χ4n) is 6.29. The molecule has 0 saturated heterocycles. The lowest BCUT2D eigenvalue weighted by Gasteiger charge is -2.37. The highest BCUT2D eigenvalue weighted by Crippen LogP contribution is 2.40. The van der Waals surface area contributed by atoms with Gasteiger partial charge in [-0.25, -0.2) is 0 Å². The van der Waals surface area contributed by atoms with Crippen molar-refractivity contribution < 1.29 is 19.4 Å². The Bertz CT molecular complexity index is 1350. The van der Waals surface area contributed by atoms with Gasteiger partial charge in [0.1, 0.15) is 24.1 Å². The van der Waals surface area contributed by atoms with Crippen molar-refractivity contribution in [2.75, 3.05) is 19.8 Å². The van der Waals surface area contributed by atoms with Crippen molar-refractivity contribution in [3.05, 3.63) is 138 Å². The molecule has 4 aromatic rings. The fourth-order valence-corrected chi connectivity index (χ4v) is 6.29. The number of unbranched alkanes of at least 4 members (excludes halogenated alkanes) is 11. The molecule has 0 amide bonds. The van der Waals surface area contributed by atoms with Crippen LogP contribution < -0.4 is 10.5 Å². The van der Waals surface area contributed by atoms with Gasteiger partial charge in [0, 0.05) is 12.2 Å². The molecule has 3 N–H and O–H groups in total. The third kappa shape index (κ3) is 12.1. The summed E-state index contributed by atoms with van der Waals surface area (Å²) in [5.41, 5.74) is 8.68. The van der Waals surface area contributed by atoms with Crippen molar-refractivity contribution in [1.82, 2.24) is 0 Å². The van der Waals surface area contributed by atoms with Gasteiger partial charge in [-0.15, -0.1) is 0 Å². The van der Waals surface area contributed by atoms with Crippen LogP contribution in [0.1, 0.15) is 106 Å². The molecular formula is C43H56N2O4. The van der Waals surface area contributed by atoms with E-state index >= 15 is 0 Å². The van der Waals surface area contributed by atoms with E-state index in [0.717, 1.165) is 29.5 Å². The van der Waals surface area contributed by atoms with Gasteiger partial charge < -0.3 is 25.2 Å². The summed E-state index contributed by atoms with van der Waals surface area (Å²) in [4.78, 5) is 0. The molecule has 262 valence electrons. The van der Waals surface area contributed by atoms with Crippen LogP contribution >= 0.6 is 0 Å². The molecule has 6 nitrogen and oxygen atoms in total. The average molecular weight is 665 g/mol. The molecule has 1 atom stereocenters. The van der Waals surface area contributed by atoms with E-state index in [1.165, 1.54) is 64.2 Å². The lowest BCUT2D eigenvalue weighted by Crippen LogP contribution is -2.38. The minimum Gasteiger partial charge on any atom is -0.491 e. The van der Waals surface area contributed by atoms with Crippen molar-refractivity contribution in [3.8, 4) is 5.75 Å². The monoisotopic (exact) mass is 664 g/mol. The van der Waals surface area contributed by atoms with Crippen molar-refractivity contribution in [3.63, 3.8) is 0 Å². The lowest BCUT2D eigenvalue weighted by atomic mass is 9.80. The van der Waals surface area contributed by atoms with Gasteiger partial charge in [-0.05, 0) is 47.4 Å². The maximum Gasteiger partial charge on any atom is 0.170 e. The van der Waals surface area contributed by atoms with Crippen LogP contribution in [0.25, 0.3) is 0 Å². The first-order chi connectivity index (χ1) is 24.2. The van der Waals surface area contributed by atoms with E-state index in [4.69, 9.17) is 25.2 Å². The molecule has 4 rings (SSSR count). The Kier molecular flexibility index (Phi) is 16.7. The third-order valence-corrected chi connectivity index (χ3v) is 9.07. The van der Waals surface area contributed by atoms with E-state index in [1.54, 1.807) is 12.1 Å². The zero-order valence-corrected chi connectivity index (χ0v) is 29.4. The van der Waals surface area contributed by atoms with E-state index in [-0.39, 0.29) is 11.9 Å². The van der Waals surface area contributed by atoms with Gasteiger partial charge in [-0.2, -0.15) is 0 Å². The van der Waals surface area contributed by atoms with E-state index in [0.29, 0.717) is 31.1 Å². The zero-order valence-electron chi connectivity index (χ0n) is 29.4. The molecular weight excluding hydrogens is 608 g/mol. The van der Waals surface area contributed by atoms with Crippen molar-refractivity contribution in [2.24, 2.45) is 10.9 Å². The molecule has 0 spiro atoms. The first-order valence-corrected chi connectivity index (χ1v) is 18.3. The Morgan fingerprint density at radius 1 is 0.612 bits per heavy atom. The Morgan fingerprint density at radius 2 is 1.06 bits per heavy atom. The molecule has 4 aromatic carbocycles. The summed E-state index contributed by atoms with van der Waals surface area (Å²) < 4.78 is 19.9. The summed E-state index contributed by atoms with van der Waals surface area (Å²) in [5.74, 6) is 0.733. The molecule has 0 bridgehead atoms. The van der Waals surface area contributed by atoms with Crippen molar-refractivity contribution >= 4 is 5.84 Å². The van der Waals surface area contributed by atoms with Crippen LogP contribution in [0.15, 0.2) is 120 Å². The number of benzene rings is 4. The van der Waals surface area contributed by atoms with Crippen molar-refractivity contribution in [1.29, 1.82) is 0 Å². The second-order valence-electron chi connectivity index (χ2n) is 12.8. The van der Waals surface area contributed by atoms with Crippen LogP contribution in [0.2, 0.25) is 0 Å². The summed E-state index contributed by atoms with van der Waals surface area (Å²) >= 11 is 0. The number of rotatable bonds is 24. The normalized spacial score (nSPS) is 12.6. The number of nitrogens with zero attached hydrogens (tertiary/aromatic N) is 1. The molecule has 49 heavy (non-hydrogen) atoms. The van der Waals surface area contributed by atoms with Crippen LogP contribution in [0.3, 0.4) is 0 Å². The Balaban J connectivity index is 1.42.